The van der Waals surface area contributed by atoms with Crippen LogP contribution in [0.25, 0.3) is 0 Å². The van der Waals surface area contributed by atoms with Gasteiger partial charge in [-0.1, -0.05) is 12.8 Å². The van der Waals surface area contributed by atoms with Crippen LogP contribution in [0.2, 0.25) is 0 Å². The predicted octanol–water partition coefficient (Wildman–Crippen LogP) is 1.73. The van der Waals surface area contributed by atoms with Gasteiger partial charge < -0.3 is 10.2 Å². The van der Waals surface area contributed by atoms with E-state index in [9.17, 15) is 4.79 Å². The van der Waals surface area contributed by atoms with Crippen molar-refractivity contribution in [2.24, 2.45) is 5.92 Å². The van der Waals surface area contributed by atoms with Crippen molar-refractivity contribution >= 4 is 17.7 Å². The molecule has 2 fully saturated rings. The molecule has 1 heterocycles. The summed E-state index contributed by atoms with van der Waals surface area (Å²) in [5, 5.41) is 3.05. The summed E-state index contributed by atoms with van der Waals surface area (Å²) in [7, 11) is 0. The Bertz CT molecular complexity index is 254. The predicted molar refractivity (Wildman–Crippen MR) is 73.3 cm³/mol. The first-order valence-corrected chi connectivity index (χ1v) is 8.18. The average Bonchev–Trinajstić information content (AvgIpc) is 2.97. The smallest absolute Gasteiger partial charge is 0.229 e. The molecule has 0 spiro atoms. The highest BCUT2D eigenvalue weighted by Gasteiger charge is 2.29. The highest BCUT2D eigenvalue weighted by Crippen LogP contribution is 2.28. The number of hydrogen-bond acceptors (Lipinski definition) is 3. The number of nitrogens with one attached hydrogen (secondary N) is 1. The largest absolute Gasteiger partial charge is 0.355 e. The molecule has 4 heteroatoms. The number of likely N-dealkylation sites (tertiary alicyclic amines) is 1. The van der Waals surface area contributed by atoms with Gasteiger partial charge >= 0.3 is 0 Å². The summed E-state index contributed by atoms with van der Waals surface area (Å²) in [5.41, 5.74) is 0. The highest BCUT2D eigenvalue weighted by atomic mass is 32.2. The van der Waals surface area contributed by atoms with Gasteiger partial charge in [0.15, 0.2) is 0 Å². The van der Waals surface area contributed by atoms with Gasteiger partial charge in [-0.15, -0.1) is 0 Å². The first kappa shape index (κ1) is 13.2. The van der Waals surface area contributed by atoms with E-state index in [1.54, 1.807) is 11.8 Å². The molecule has 1 saturated heterocycles. The molecule has 2 rings (SSSR count). The molecule has 2 aliphatic rings. The molecule has 1 atom stereocenters. The Balaban J connectivity index is 1.65. The lowest BCUT2D eigenvalue weighted by Crippen LogP contribution is -2.34. The first-order valence-electron chi connectivity index (χ1n) is 6.79. The molecule has 0 aromatic heterocycles. The van der Waals surface area contributed by atoms with Crippen LogP contribution in [0.15, 0.2) is 0 Å². The minimum Gasteiger partial charge on any atom is -0.355 e. The Hall–Kier alpha value is -0.220. The number of carbonyl (C=O) groups excluding carboxylic acids is 1. The van der Waals surface area contributed by atoms with E-state index in [0.717, 1.165) is 12.6 Å². The van der Waals surface area contributed by atoms with Crippen LogP contribution in [-0.4, -0.2) is 48.5 Å². The zero-order chi connectivity index (χ0) is 12.1. The summed E-state index contributed by atoms with van der Waals surface area (Å²) in [6, 6.07) is 0.849. The number of carbonyl (C=O) groups is 1. The second kappa shape index (κ2) is 6.64. The molecule has 1 aliphatic carbocycles. The van der Waals surface area contributed by atoms with E-state index in [4.69, 9.17) is 0 Å². The normalized spacial score (nSPS) is 26.5. The maximum Gasteiger partial charge on any atom is 0.229 e. The van der Waals surface area contributed by atoms with Crippen LogP contribution in [0.4, 0.5) is 0 Å². The van der Waals surface area contributed by atoms with Gasteiger partial charge in [0, 0.05) is 19.1 Å². The van der Waals surface area contributed by atoms with Gasteiger partial charge in [0.2, 0.25) is 5.91 Å². The fraction of sp³-hybridized carbons (Fsp3) is 0.923. The Morgan fingerprint density at radius 2 is 2.12 bits per heavy atom. The zero-order valence-electron chi connectivity index (χ0n) is 10.8. The van der Waals surface area contributed by atoms with E-state index in [-0.39, 0.29) is 5.91 Å². The molecule has 0 radical (unpaired) electrons. The summed E-state index contributed by atoms with van der Waals surface area (Å²) in [5.74, 6) is 1.47. The third-order valence-corrected chi connectivity index (χ3v) is 4.57. The Kier molecular flexibility index (Phi) is 5.16. The van der Waals surface area contributed by atoms with E-state index in [1.165, 1.54) is 45.2 Å². The van der Waals surface area contributed by atoms with Crippen LogP contribution in [0.5, 0.6) is 0 Å². The van der Waals surface area contributed by atoms with Gasteiger partial charge in [0.1, 0.15) is 0 Å². The molecule has 98 valence electrons. The van der Waals surface area contributed by atoms with E-state index in [2.05, 4.69) is 10.2 Å². The van der Waals surface area contributed by atoms with Crippen molar-refractivity contribution in [1.29, 1.82) is 0 Å². The molecule has 0 aromatic rings. The van der Waals surface area contributed by atoms with Crippen LogP contribution in [0.1, 0.15) is 32.1 Å². The molecular formula is C13H24N2OS. The van der Waals surface area contributed by atoms with E-state index in [0.29, 0.717) is 11.7 Å². The molecule has 3 nitrogen and oxygen atoms in total. The van der Waals surface area contributed by atoms with Crippen molar-refractivity contribution in [3.8, 4) is 0 Å². The number of hydrogen-bond donors (Lipinski definition) is 1. The second-order valence-corrected chi connectivity index (χ2v) is 6.19. The maximum absolute atomic E-state index is 11.4. The number of nitrogens with zero attached hydrogens (tertiary/aromatic N) is 1. The highest BCUT2D eigenvalue weighted by molar-refractivity contribution is 7.99. The molecule has 1 amide bonds. The summed E-state index contributed by atoms with van der Waals surface area (Å²) >= 11 is 1.59. The lowest BCUT2D eigenvalue weighted by molar-refractivity contribution is -0.118. The molecule has 0 bridgehead atoms. The standard InChI is InChI=1S/C13H24N2OS/c1-17-10-13(16)14-8-11-6-7-15(9-11)12-4-2-3-5-12/h11-12H,2-10H2,1H3,(H,14,16)/t11-/m1/s1. The Labute approximate surface area is 109 Å². The van der Waals surface area contributed by atoms with Gasteiger partial charge in [-0.25, -0.2) is 0 Å². The molecule has 0 aromatic carbocycles. The molecule has 1 N–H and O–H groups in total. The van der Waals surface area contributed by atoms with Crippen LogP contribution < -0.4 is 5.32 Å². The van der Waals surface area contributed by atoms with Gasteiger partial charge in [0.05, 0.1) is 5.75 Å². The summed E-state index contributed by atoms with van der Waals surface area (Å²) in [6.45, 7) is 3.32. The van der Waals surface area contributed by atoms with Crippen molar-refractivity contribution in [2.75, 3.05) is 31.6 Å². The van der Waals surface area contributed by atoms with Crippen LogP contribution >= 0.6 is 11.8 Å². The molecule has 17 heavy (non-hydrogen) atoms. The summed E-state index contributed by atoms with van der Waals surface area (Å²) < 4.78 is 0. The topological polar surface area (TPSA) is 32.3 Å². The molecular weight excluding hydrogens is 232 g/mol. The van der Waals surface area contributed by atoms with Gasteiger partial charge in [-0.05, 0) is 38.0 Å². The van der Waals surface area contributed by atoms with Gasteiger partial charge in [-0.3, -0.25) is 4.79 Å². The van der Waals surface area contributed by atoms with E-state index < -0.39 is 0 Å². The number of thioether (sulfide) groups is 1. The van der Waals surface area contributed by atoms with Crippen LogP contribution in [0, 0.1) is 5.92 Å². The SMILES string of the molecule is CSCC(=O)NC[C@H]1CCN(C2CCCC2)C1. The van der Waals surface area contributed by atoms with Gasteiger partial charge in [-0.2, -0.15) is 11.8 Å². The maximum atomic E-state index is 11.4. The van der Waals surface area contributed by atoms with Crippen molar-refractivity contribution in [3.63, 3.8) is 0 Å². The lowest BCUT2D eigenvalue weighted by Gasteiger charge is -2.23. The minimum atomic E-state index is 0.191. The number of amides is 1. The molecule has 1 saturated carbocycles. The monoisotopic (exact) mass is 256 g/mol. The Morgan fingerprint density at radius 1 is 1.35 bits per heavy atom. The Morgan fingerprint density at radius 3 is 2.82 bits per heavy atom. The second-order valence-electron chi connectivity index (χ2n) is 5.33. The summed E-state index contributed by atoms with van der Waals surface area (Å²) in [4.78, 5) is 14.0. The number of rotatable bonds is 5. The summed E-state index contributed by atoms with van der Waals surface area (Å²) in [6.07, 6.45) is 8.84. The fourth-order valence-corrected chi connectivity index (χ4v) is 3.43. The van der Waals surface area contributed by atoms with Crippen molar-refractivity contribution in [3.05, 3.63) is 0 Å². The van der Waals surface area contributed by atoms with Crippen LogP contribution in [0.3, 0.4) is 0 Å². The molecule has 0 unspecified atom stereocenters. The van der Waals surface area contributed by atoms with Crippen LogP contribution in [-0.2, 0) is 4.79 Å². The van der Waals surface area contributed by atoms with Crippen molar-refractivity contribution < 1.29 is 4.79 Å². The zero-order valence-corrected chi connectivity index (χ0v) is 11.6. The van der Waals surface area contributed by atoms with Crippen molar-refractivity contribution in [1.82, 2.24) is 10.2 Å². The first-order chi connectivity index (χ1) is 8.29. The fourth-order valence-electron chi connectivity index (χ4n) is 3.07. The van der Waals surface area contributed by atoms with E-state index >= 15 is 0 Å². The van der Waals surface area contributed by atoms with E-state index in [1.807, 2.05) is 6.26 Å². The third kappa shape index (κ3) is 3.88. The minimum absolute atomic E-state index is 0.191. The third-order valence-electron chi connectivity index (χ3n) is 4.02. The molecule has 1 aliphatic heterocycles. The quantitative estimate of drug-likeness (QED) is 0.813. The van der Waals surface area contributed by atoms with Crippen molar-refractivity contribution in [2.45, 2.75) is 38.1 Å². The van der Waals surface area contributed by atoms with Gasteiger partial charge in [0.25, 0.3) is 0 Å². The lowest BCUT2D eigenvalue weighted by atomic mass is 10.1. The average molecular weight is 256 g/mol.